The van der Waals surface area contributed by atoms with Crippen molar-refractivity contribution in [2.75, 3.05) is 25.5 Å². The van der Waals surface area contributed by atoms with E-state index in [4.69, 9.17) is 0 Å². The van der Waals surface area contributed by atoms with Gasteiger partial charge in [0.1, 0.15) is 11.4 Å². The summed E-state index contributed by atoms with van der Waals surface area (Å²) in [6, 6.07) is 6.06. The number of phenolic OH excluding ortho intramolecular Hbond substituents is 1. The normalized spacial score (nSPS) is 18.5. The molecule has 0 bridgehead atoms. The molecule has 0 saturated carbocycles. The van der Waals surface area contributed by atoms with Gasteiger partial charge in [0.15, 0.2) is 0 Å². The fourth-order valence-corrected chi connectivity index (χ4v) is 3.29. The summed E-state index contributed by atoms with van der Waals surface area (Å²) in [6.45, 7) is 8.23. The van der Waals surface area contributed by atoms with E-state index in [9.17, 15) is 5.11 Å². The molecule has 1 aromatic heterocycles. The molecular formula is C19H27N5O. The Morgan fingerprint density at radius 3 is 2.72 bits per heavy atom. The zero-order valence-electron chi connectivity index (χ0n) is 15.5. The molecule has 6 nitrogen and oxygen atoms in total. The van der Waals surface area contributed by atoms with Gasteiger partial charge in [-0.15, -0.1) is 10.2 Å². The van der Waals surface area contributed by atoms with Gasteiger partial charge in [0, 0.05) is 18.2 Å². The highest BCUT2D eigenvalue weighted by Gasteiger charge is 2.19. The van der Waals surface area contributed by atoms with E-state index in [1.54, 1.807) is 6.07 Å². The second-order valence-electron chi connectivity index (χ2n) is 7.25. The lowest BCUT2D eigenvalue weighted by Crippen LogP contribution is -2.40. The van der Waals surface area contributed by atoms with Gasteiger partial charge in [-0.2, -0.15) is 0 Å². The smallest absolute Gasteiger partial charge is 0.243 e. The number of rotatable bonds is 4. The molecule has 1 atom stereocenters. The van der Waals surface area contributed by atoms with Crippen LogP contribution in [0.25, 0.3) is 11.3 Å². The molecule has 1 aliphatic rings. The molecule has 1 fully saturated rings. The van der Waals surface area contributed by atoms with Crippen molar-refractivity contribution in [3.05, 3.63) is 29.5 Å². The molecular weight excluding hydrogens is 314 g/mol. The minimum absolute atomic E-state index is 0.222. The Labute approximate surface area is 149 Å². The first-order valence-corrected chi connectivity index (χ1v) is 8.93. The van der Waals surface area contributed by atoms with Gasteiger partial charge >= 0.3 is 0 Å². The lowest BCUT2D eigenvalue weighted by atomic mass is 9.99. The summed E-state index contributed by atoms with van der Waals surface area (Å²) in [4.78, 5) is 6.86. The van der Waals surface area contributed by atoms with Gasteiger partial charge in [-0.1, -0.05) is 19.9 Å². The van der Waals surface area contributed by atoms with E-state index in [0.717, 1.165) is 30.8 Å². The molecule has 0 spiro atoms. The molecule has 6 heteroatoms. The minimum atomic E-state index is 0.222. The molecule has 0 radical (unpaired) electrons. The van der Waals surface area contributed by atoms with E-state index in [1.165, 1.54) is 6.42 Å². The van der Waals surface area contributed by atoms with Crippen molar-refractivity contribution in [3.8, 4) is 17.0 Å². The maximum Gasteiger partial charge on any atom is 0.243 e. The van der Waals surface area contributed by atoms with Crippen LogP contribution in [-0.2, 0) is 0 Å². The third-order valence-electron chi connectivity index (χ3n) is 4.76. The third kappa shape index (κ3) is 4.07. The standard InChI is InChI=1S/C19H27N5O/c1-12(2)14-7-8-16(17(25)10-14)18-13(3)20-19(23-22-18)21-15-6-5-9-24(4)11-15/h7-8,10,12,15,25H,5-6,9,11H2,1-4H3,(H,20,21,23)/t15-/m1/s1. The van der Waals surface area contributed by atoms with E-state index in [-0.39, 0.29) is 5.75 Å². The fourth-order valence-electron chi connectivity index (χ4n) is 3.29. The lowest BCUT2D eigenvalue weighted by molar-refractivity contribution is 0.260. The second kappa shape index (κ2) is 7.35. The third-order valence-corrected chi connectivity index (χ3v) is 4.76. The van der Waals surface area contributed by atoms with Gasteiger partial charge < -0.3 is 15.3 Å². The van der Waals surface area contributed by atoms with E-state index in [1.807, 2.05) is 19.1 Å². The van der Waals surface area contributed by atoms with Crippen molar-refractivity contribution in [2.45, 2.75) is 45.6 Å². The summed E-state index contributed by atoms with van der Waals surface area (Å²) in [5, 5.41) is 22.3. The number of likely N-dealkylation sites (N-methyl/N-ethyl adjacent to an activating group) is 1. The van der Waals surface area contributed by atoms with Crippen molar-refractivity contribution in [1.82, 2.24) is 20.1 Å². The number of hydrogen-bond acceptors (Lipinski definition) is 6. The van der Waals surface area contributed by atoms with Crippen LogP contribution >= 0.6 is 0 Å². The minimum Gasteiger partial charge on any atom is -0.507 e. The molecule has 134 valence electrons. The van der Waals surface area contributed by atoms with E-state index < -0.39 is 0 Å². The molecule has 2 aromatic rings. The number of piperidine rings is 1. The van der Waals surface area contributed by atoms with Crippen LogP contribution in [0.4, 0.5) is 5.95 Å². The Morgan fingerprint density at radius 2 is 2.08 bits per heavy atom. The molecule has 0 amide bonds. The number of nitrogens with zero attached hydrogens (tertiary/aromatic N) is 4. The van der Waals surface area contributed by atoms with E-state index >= 15 is 0 Å². The fraction of sp³-hybridized carbons (Fsp3) is 0.526. The monoisotopic (exact) mass is 341 g/mol. The molecule has 2 N–H and O–H groups in total. The van der Waals surface area contributed by atoms with Crippen LogP contribution in [0, 0.1) is 6.92 Å². The molecule has 25 heavy (non-hydrogen) atoms. The van der Waals surface area contributed by atoms with Crippen LogP contribution in [0.15, 0.2) is 18.2 Å². The van der Waals surface area contributed by atoms with Crippen LogP contribution in [0.1, 0.15) is 43.9 Å². The number of benzene rings is 1. The second-order valence-corrected chi connectivity index (χ2v) is 7.25. The van der Waals surface area contributed by atoms with Crippen LogP contribution in [-0.4, -0.2) is 51.4 Å². The molecule has 3 rings (SSSR count). The first-order chi connectivity index (χ1) is 11.9. The number of hydrogen-bond donors (Lipinski definition) is 2. The number of phenols is 1. The molecule has 1 aliphatic heterocycles. The Morgan fingerprint density at radius 1 is 1.28 bits per heavy atom. The maximum atomic E-state index is 10.4. The van der Waals surface area contributed by atoms with Gasteiger partial charge in [0.25, 0.3) is 0 Å². The van der Waals surface area contributed by atoms with Gasteiger partial charge in [0.05, 0.1) is 5.69 Å². The van der Waals surface area contributed by atoms with Crippen molar-refractivity contribution < 1.29 is 5.11 Å². The predicted octanol–water partition coefficient (Wildman–Crippen LogP) is 3.18. The Hall–Kier alpha value is -2.21. The number of anilines is 1. The Bertz CT molecular complexity index is 747. The van der Waals surface area contributed by atoms with E-state index in [0.29, 0.717) is 29.2 Å². The number of likely N-dealkylation sites (tertiary alicyclic amines) is 1. The largest absolute Gasteiger partial charge is 0.507 e. The van der Waals surface area contributed by atoms with Crippen molar-refractivity contribution >= 4 is 5.95 Å². The lowest BCUT2D eigenvalue weighted by Gasteiger charge is -2.30. The maximum absolute atomic E-state index is 10.4. The quantitative estimate of drug-likeness (QED) is 0.890. The van der Waals surface area contributed by atoms with Gasteiger partial charge in [-0.3, -0.25) is 0 Å². The highest BCUT2D eigenvalue weighted by atomic mass is 16.3. The van der Waals surface area contributed by atoms with Gasteiger partial charge in [0.2, 0.25) is 5.95 Å². The average Bonchev–Trinajstić information content (AvgIpc) is 2.55. The molecule has 0 unspecified atom stereocenters. The summed E-state index contributed by atoms with van der Waals surface area (Å²) in [6.07, 6.45) is 2.29. The topological polar surface area (TPSA) is 74.2 Å². The Kier molecular flexibility index (Phi) is 5.18. The van der Waals surface area contributed by atoms with Gasteiger partial charge in [-0.25, -0.2) is 4.98 Å². The van der Waals surface area contributed by atoms with Crippen LogP contribution in [0.3, 0.4) is 0 Å². The zero-order chi connectivity index (χ0) is 18.0. The average molecular weight is 341 g/mol. The van der Waals surface area contributed by atoms with Crippen molar-refractivity contribution in [2.24, 2.45) is 0 Å². The first kappa shape index (κ1) is 17.6. The van der Waals surface area contributed by atoms with Crippen molar-refractivity contribution in [3.63, 3.8) is 0 Å². The highest BCUT2D eigenvalue weighted by molar-refractivity contribution is 5.69. The van der Waals surface area contributed by atoms with Crippen LogP contribution in [0.2, 0.25) is 0 Å². The summed E-state index contributed by atoms with van der Waals surface area (Å²) in [7, 11) is 2.13. The van der Waals surface area contributed by atoms with Crippen LogP contribution in [0.5, 0.6) is 5.75 Å². The number of nitrogens with one attached hydrogen (secondary N) is 1. The number of aromatic nitrogens is 3. The highest BCUT2D eigenvalue weighted by Crippen LogP contribution is 2.32. The summed E-state index contributed by atoms with van der Waals surface area (Å²) in [5.74, 6) is 1.14. The predicted molar refractivity (Wildman–Crippen MR) is 99.9 cm³/mol. The van der Waals surface area contributed by atoms with E-state index in [2.05, 4.69) is 46.3 Å². The summed E-state index contributed by atoms with van der Waals surface area (Å²) < 4.78 is 0. The Balaban J connectivity index is 1.80. The molecule has 2 heterocycles. The van der Waals surface area contributed by atoms with Crippen molar-refractivity contribution in [1.29, 1.82) is 0 Å². The molecule has 0 aliphatic carbocycles. The number of aromatic hydroxyl groups is 1. The molecule has 1 aromatic carbocycles. The molecule has 1 saturated heterocycles. The van der Waals surface area contributed by atoms with Gasteiger partial charge in [-0.05, 0) is 57.0 Å². The summed E-state index contributed by atoms with van der Waals surface area (Å²) in [5.41, 5.74) is 3.15. The van der Waals surface area contributed by atoms with Crippen LogP contribution < -0.4 is 5.32 Å². The zero-order valence-corrected chi connectivity index (χ0v) is 15.5. The SMILES string of the molecule is Cc1nc(N[C@@H]2CCCN(C)C2)nnc1-c1ccc(C(C)C)cc1O. The number of aryl methyl sites for hydroxylation is 1. The summed E-state index contributed by atoms with van der Waals surface area (Å²) >= 11 is 0. The first-order valence-electron chi connectivity index (χ1n) is 8.93.